The lowest BCUT2D eigenvalue weighted by Gasteiger charge is -2.25. The second-order valence-corrected chi connectivity index (χ2v) is 8.31. The molecule has 2 aliphatic heterocycles. The minimum Gasteiger partial charge on any atom is -0.314 e. The largest absolute Gasteiger partial charge is 0.314 e. The van der Waals surface area contributed by atoms with Crippen molar-refractivity contribution in [2.45, 2.75) is 50.6 Å². The molecule has 6 heteroatoms. The lowest BCUT2D eigenvalue weighted by Crippen LogP contribution is -2.41. The van der Waals surface area contributed by atoms with Gasteiger partial charge in [0.05, 0.1) is 5.75 Å². The predicted octanol–water partition coefficient (Wildman–Crippen LogP) is 1.33. The van der Waals surface area contributed by atoms with Crippen molar-refractivity contribution in [2.24, 2.45) is 0 Å². The third-order valence-electron chi connectivity index (χ3n) is 3.65. The van der Waals surface area contributed by atoms with Gasteiger partial charge in [0.1, 0.15) is 0 Å². The Balaban J connectivity index is 1.72. The molecule has 0 bridgehead atoms. The van der Waals surface area contributed by atoms with Crippen molar-refractivity contribution in [1.29, 1.82) is 0 Å². The Bertz CT molecular complexity index is 334. The number of nitrogens with one attached hydrogen (secondary N) is 2. The SMILES string of the molecule is O=S(=O)(CCC1CCCCN1)NC1CCCSC1. The highest BCUT2D eigenvalue weighted by atomic mass is 32.2. The quantitative estimate of drug-likeness (QED) is 0.803. The van der Waals surface area contributed by atoms with Gasteiger partial charge in [-0.25, -0.2) is 13.1 Å². The fourth-order valence-corrected chi connectivity index (χ4v) is 5.21. The van der Waals surface area contributed by atoms with Gasteiger partial charge < -0.3 is 5.32 Å². The maximum absolute atomic E-state index is 12.0. The number of piperidine rings is 1. The van der Waals surface area contributed by atoms with Gasteiger partial charge in [0.2, 0.25) is 10.0 Å². The van der Waals surface area contributed by atoms with Gasteiger partial charge in [-0.2, -0.15) is 11.8 Å². The Morgan fingerprint density at radius 1 is 1.22 bits per heavy atom. The van der Waals surface area contributed by atoms with Crippen molar-refractivity contribution in [1.82, 2.24) is 10.0 Å². The summed E-state index contributed by atoms with van der Waals surface area (Å²) >= 11 is 1.85. The standard InChI is InChI=1S/C12H24N2O2S2/c15-18(16,14-12-5-3-8-17-10-12)9-6-11-4-1-2-7-13-11/h11-14H,1-10H2. The molecule has 2 aliphatic rings. The molecule has 2 N–H and O–H groups in total. The van der Waals surface area contributed by atoms with Crippen molar-refractivity contribution < 1.29 is 8.42 Å². The molecule has 0 aromatic heterocycles. The lowest BCUT2D eigenvalue weighted by molar-refractivity contribution is 0.392. The first-order valence-corrected chi connectivity index (χ1v) is 9.77. The smallest absolute Gasteiger partial charge is 0.211 e. The zero-order valence-electron chi connectivity index (χ0n) is 10.9. The molecule has 18 heavy (non-hydrogen) atoms. The molecule has 0 amide bonds. The van der Waals surface area contributed by atoms with Crippen LogP contribution in [0.3, 0.4) is 0 Å². The summed E-state index contributed by atoms with van der Waals surface area (Å²) in [6.07, 6.45) is 6.44. The van der Waals surface area contributed by atoms with Gasteiger partial charge in [0.15, 0.2) is 0 Å². The van der Waals surface area contributed by atoms with E-state index >= 15 is 0 Å². The molecule has 2 saturated heterocycles. The molecule has 2 rings (SSSR count). The van der Waals surface area contributed by atoms with Gasteiger partial charge in [-0.15, -0.1) is 0 Å². The molecule has 0 saturated carbocycles. The van der Waals surface area contributed by atoms with Gasteiger partial charge in [0.25, 0.3) is 0 Å². The maximum Gasteiger partial charge on any atom is 0.211 e. The summed E-state index contributed by atoms with van der Waals surface area (Å²) in [7, 11) is -3.08. The lowest BCUT2D eigenvalue weighted by atomic mass is 10.0. The van der Waals surface area contributed by atoms with Gasteiger partial charge >= 0.3 is 0 Å². The number of rotatable bonds is 5. The van der Waals surface area contributed by atoms with E-state index in [2.05, 4.69) is 10.0 Å². The monoisotopic (exact) mass is 292 g/mol. The Morgan fingerprint density at radius 3 is 2.78 bits per heavy atom. The molecule has 0 spiro atoms. The van der Waals surface area contributed by atoms with Crippen LogP contribution in [-0.4, -0.2) is 44.3 Å². The highest BCUT2D eigenvalue weighted by molar-refractivity contribution is 7.99. The van der Waals surface area contributed by atoms with Crippen molar-refractivity contribution >= 4 is 21.8 Å². The first kappa shape index (κ1) is 14.6. The fraction of sp³-hybridized carbons (Fsp3) is 1.00. The van der Waals surface area contributed by atoms with E-state index in [1.54, 1.807) is 0 Å². The van der Waals surface area contributed by atoms with Crippen LogP contribution in [0.2, 0.25) is 0 Å². The Labute approximate surface area is 115 Å². The van der Waals surface area contributed by atoms with Gasteiger partial charge in [-0.05, 0) is 44.4 Å². The summed E-state index contributed by atoms with van der Waals surface area (Å²) in [4.78, 5) is 0. The number of hydrogen-bond acceptors (Lipinski definition) is 4. The molecular weight excluding hydrogens is 268 g/mol. The van der Waals surface area contributed by atoms with E-state index < -0.39 is 10.0 Å². The maximum atomic E-state index is 12.0. The zero-order valence-corrected chi connectivity index (χ0v) is 12.5. The van der Waals surface area contributed by atoms with E-state index in [4.69, 9.17) is 0 Å². The number of hydrogen-bond donors (Lipinski definition) is 2. The van der Waals surface area contributed by atoms with Crippen LogP contribution in [-0.2, 0) is 10.0 Å². The van der Waals surface area contributed by atoms with Crippen LogP contribution in [0.25, 0.3) is 0 Å². The molecular formula is C12H24N2O2S2. The summed E-state index contributed by atoms with van der Waals surface area (Å²) in [6, 6.07) is 0.559. The van der Waals surface area contributed by atoms with Crippen LogP contribution in [0.4, 0.5) is 0 Å². The summed E-state index contributed by atoms with van der Waals surface area (Å²) in [5, 5.41) is 3.40. The molecule has 2 atom stereocenters. The molecule has 2 heterocycles. The molecule has 106 valence electrons. The van der Waals surface area contributed by atoms with E-state index in [1.165, 1.54) is 18.6 Å². The summed E-state index contributed by atoms with van der Waals surface area (Å²) in [5.74, 6) is 2.37. The van der Waals surface area contributed by atoms with Crippen LogP contribution in [0.5, 0.6) is 0 Å². The van der Waals surface area contributed by atoms with Crippen molar-refractivity contribution in [3.05, 3.63) is 0 Å². The van der Waals surface area contributed by atoms with E-state index in [9.17, 15) is 8.42 Å². The summed E-state index contributed by atoms with van der Waals surface area (Å²) in [6.45, 7) is 1.04. The van der Waals surface area contributed by atoms with Crippen molar-refractivity contribution in [2.75, 3.05) is 23.8 Å². The molecule has 0 aliphatic carbocycles. The van der Waals surface area contributed by atoms with E-state index in [0.717, 1.165) is 38.0 Å². The Morgan fingerprint density at radius 2 is 2.11 bits per heavy atom. The summed E-state index contributed by atoms with van der Waals surface area (Å²) in [5.41, 5.74) is 0. The zero-order chi connectivity index (χ0) is 12.8. The third-order valence-corrected chi connectivity index (χ3v) is 6.33. The predicted molar refractivity (Wildman–Crippen MR) is 77.5 cm³/mol. The number of sulfonamides is 1. The molecule has 2 unspecified atom stereocenters. The van der Waals surface area contributed by atoms with E-state index in [1.807, 2.05) is 11.8 Å². The van der Waals surface area contributed by atoms with E-state index in [-0.39, 0.29) is 11.8 Å². The molecule has 0 aromatic carbocycles. The van der Waals surface area contributed by atoms with Crippen LogP contribution in [0.15, 0.2) is 0 Å². The minimum absolute atomic E-state index is 0.160. The average Bonchev–Trinajstić information content (AvgIpc) is 2.38. The Hall–Kier alpha value is 0.220. The van der Waals surface area contributed by atoms with Crippen LogP contribution in [0.1, 0.15) is 38.5 Å². The highest BCUT2D eigenvalue weighted by Gasteiger charge is 2.22. The van der Waals surface area contributed by atoms with E-state index in [0.29, 0.717) is 6.04 Å². The van der Waals surface area contributed by atoms with Crippen molar-refractivity contribution in [3.8, 4) is 0 Å². The van der Waals surface area contributed by atoms with Crippen LogP contribution in [0, 0.1) is 0 Å². The van der Waals surface area contributed by atoms with Crippen LogP contribution < -0.4 is 10.0 Å². The van der Waals surface area contributed by atoms with Gasteiger partial charge in [-0.1, -0.05) is 6.42 Å². The fourth-order valence-electron chi connectivity index (χ4n) is 2.61. The second kappa shape index (κ2) is 7.12. The third kappa shape index (κ3) is 5.07. The molecule has 2 fully saturated rings. The van der Waals surface area contributed by atoms with Crippen molar-refractivity contribution in [3.63, 3.8) is 0 Å². The molecule has 0 radical (unpaired) electrons. The first-order chi connectivity index (χ1) is 8.66. The average molecular weight is 292 g/mol. The minimum atomic E-state index is -3.08. The van der Waals surface area contributed by atoms with Gasteiger partial charge in [-0.3, -0.25) is 0 Å². The normalized spacial score (nSPS) is 30.2. The number of thioether (sulfide) groups is 1. The second-order valence-electron chi connectivity index (χ2n) is 5.29. The molecule has 0 aromatic rings. The molecule has 4 nitrogen and oxygen atoms in total. The first-order valence-electron chi connectivity index (χ1n) is 6.97. The summed E-state index contributed by atoms with van der Waals surface area (Å²) < 4.78 is 26.8. The topological polar surface area (TPSA) is 58.2 Å². The van der Waals surface area contributed by atoms with Crippen LogP contribution >= 0.6 is 11.8 Å². The Kier molecular flexibility index (Phi) is 5.79. The highest BCUT2D eigenvalue weighted by Crippen LogP contribution is 2.18. The van der Waals surface area contributed by atoms with Gasteiger partial charge in [0, 0.05) is 17.8 Å².